The molecule has 128 valence electrons. The molecule has 2 amide bonds. The van der Waals surface area contributed by atoms with Crippen LogP contribution in [0.3, 0.4) is 0 Å². The van der Waals surface area contributed by atoms with Gasteiger partial charge in [-0.15, -0.1) is 0 Å². The van der Waals surface area contributed by atoms with Crippen molar-refractivity contribution in [1.82, 2.24) is 4.90 Å². The molecule has 3 rings (SSSR count). The molecule has 4 nitrogen and oxygen atoms in total. The van der Waals surface area contributed by atoms with E-state index in [9.17, 15) is 9.59 Å². The van der Waals surface area contributed by atoms with Gasteiger partial charge >= 0.3 is 6.09 Å². The molecule has 3 aliphatic rings. The van der Waals surface area contributed by atoms with E-state index in [0.717, 1.165) is 18.8 Å². The Morgan fingerprint density at radius 2 is 2.09 bits per heavy atom. The Morgan fingerprint density at radius 3 is 2.74 bits per heavy atom. The minimum absolute atomic E-state index is 0.0964. The zero-order valence-electron chi connectivity index (χ0n) is 14.7. The smallest absolute Gasteiger partial charge is 0.416 e. The Morgan fingerprint density at radius 1 is 1.35 bits per heavy atom. The molecular weight excluding hydrogens is 290 g/mol. The number of carbonyl (C=O) groups is 2. The standard InChI is InChI=1S/C17H23NO3.C2H6/c1-11(2)3-6-16(19)18-15(10-21-17(18)20)8-12-4-5-13-9-14(13)7-12;1-2/h4-5,7,11,13-15H,3,6,8-10H2,1-2H3;1-2H3/t13?,14?,15-;/m0./s1. The highest BCUT2D eigenvalue weighted by atomic mass is 16.6. The normalized spacial score (nSPS) is 27.9. The maximum atomic E-state index is 12.3. The number of ether oxygens (including phenoxy) is 1. The minimum atomic E-state index is -0.474. The molecule has 23 heavy (non-hydrogen) atoms. The molecule has 3 atom stereocenters. The van der Waals surface area contributed by atoms with E-state index in [1.54, 1.807) is 0 Å². The molecule has 0 aromatic rings. The lowest BCUT2D eigenvalue weighted by atomic mass is 9.99. The summed E-state index contributed by atoms with van der Waals surface area (Å²) < 4.78 is 5.10. The van der Waals surface area contributed by atoms with Crippen molar-refractivity contribution in [2.24, 2.45) is 17.8 Å². The van der Waals surface area contributed by atoms with E-state index < -0.39 is 6.09 Å². The van der Waals surface area contributed by atoms with Crippen molar-refractivity contribution in [1.29, 1.82) is 0 Å². The summed E-state index contributed by atoms with van der Waals surface area (Å²) in [4.78, 5) is 25.4. The first-order valence-corrected chi connectivity index (χ1v) is 8.92. The predicted octanol–water partition coefficient (Wildman–Crippen LogP) is 4.32. The second kappa shape index (κ2) is 7.80. The maximum absolute atomic E-state index is 12.3. The van der Waals surface area contributed by atoms with Gasteiger partial charge in [0.05, 0.1) is 6.04 Å². The third-order valence-electron chi connectivity index (χ3n) is 4.51. The lowest BCUT2D eigenvalue weighted by Gasteiger charge is -2.21. The fourth-order valence-corrected chi connectivity index (χ4v) is 3.08. The molecule has 2 fully saturated rings. The second-order valence-electron chi connectivity index (χ2n) is 6.80. The topological polar surface area (TPSA) is 46.6 Å². The van der Waals surface area contributed by atoms with Gasteiger partial charge in [-0.05, 0) is 42.6 Å². The van der Waals surface area contributed by atoms with Crippen molar-refractivity contribution in [3.05, 3.63) is 23.8 Å². The number of hydrogen-bond acceptors (Lipinski definition) is 3. The molecule has 0 bridgehead atoms. The first-order valence-electron chi connectivity index (χ1n) is 8.92. The van der Waals surface area contributed by atoms with Gasteiger partial charge in [-0.2, -0.15) is 0 Å². The largest absolute Gasteiger partial charge is 0.447 e. The van der Waals surface area contributed by atoms with Gasteiger partial charge in [-0.1, -0.05) is 45.9 Å². The van der Waals surface area contributed by atoms with Gasteiger partial charge < -0.3 is 4.74 Å². The number of nitrogens with zero attached hydrogens (tertiary/aromatic N) is 1. The molecule has 2 aliphatic carbocycles. The van der Waals surface area contributed by atoms with E-state index in [1.807, 2.05) is 13.8 Å². The zero-order chi connectivity index (χ0) is 17.0. The highest BCUT2D eigenvalue weighted by molar-refractivity contribution is 5.93. The Bertz CT molecular complexity index is 507. The van der Waals surface area contributed by atoms with Crippen LogP contribution in [0.5, 0.6) is 0 Å². The quantitative estimate of drug-likeness (QED) is 0.758. The fourth-order valence-electron chi connectivity index (χ4n) is 3.08. The van der Waals surface area contributed by atoms with Crippen LogP contribution in [0.1, 0.15) is 53.4 Å². The Labute approximate surface area is 139 Å². The van der Waals surface area contributed by atoms with Gasteiger partial charge in [0, 0.05) is 6.42 Å². The molecule has 0 aromatic heterocycles. The van der Waals surface area contributed by atoms with Gasteiger partial charge in [0.2, 0.25) is 5.91 Å². The average molecular weight is 319 g/mol. The summed E-state index contributed by atoms with van der Waals surface area (Å²) in [6.07, 6.45) is 9.42. The number of carbonyl (C=O) groups excluding carboxylic acids is 2. The van der Waals surface area contributed by atoms with Gasteiger partial charge in [-0.3, -0.25) is 4.79 Å². The number of allylic oxidation sites excluding steroid dienone is 3. The third-order valence-corrected chi connectivity index (χ3v) is 4.51. The summed E-state index contributed by atoms with van der Waals surface area (Å²) in [6, 6.07) is -0.136. The van der Waals surface area contributed by atoms with E-state index in [2.05, 4.69) is 32.1 Å². The monoisotopic (exact) mass is 319 g/mol. The Hall–Kier alpha value is -1.58. The average Bonchev–Trinajstić information content (AvgIpc) is 3.22. The number of fused-ring (bicyclic) bond motifs is 1. The van der Waals surface area contributed by atoms with Gasteiger partial charge in [0.1, 0.15) is 6.61 Å². The van der Waals surface area contributed by atoms with Crippen molar-refractivity contribution in [2.45, 2.75) is 59.4 Å². The number of cyclic esters (lactones) is 1. The molecule has 4 heteroatoms. The molecule has 1 saturated carbocycles. The van der Waals surface area contributed by atoms with Crippen LogP contribution in [0, 0.1) is 17.8 Å². The van der Waals surface area contributed by atoms with Gasteiger partial charge in [-0.25, -0.2) is 9.69 Å². The van der Waals surface area contributed by atoms with Crippen LogP contribution >= 0.6 is 0 Å². The van der Waals surface area contributed by atoms with E-state index >= 15 is 0 Å². The SMILES string of the molecule is CC.CC(C)CCC(=O)N1C(=O)OC[C@@H]1CC1=CC2CC2C=C1. The highest BCUT2D eigenvalue weighted by Gasteiger charge is 2.39. The van der Waals surface area contributed by atoms with E-state index in [-0.39, 0.29) is 11.9 Å². The summed E-state index contributed by atoms with van der Waals surface area (Å²) in [7, 11) is 0. The molecule has 0 aromatic carbocycles. The van der Waals surface area contributed by atoms with Crippen LogP contribution in [0.25, 0.3) is 0 Å². The van der Waals surface area contributed by atoms with E-state index in [4.69, 9.17) is 4.74 Å². The molecular formula is C19H29NO3. The number of hydrogen-bond donors (Lipinski definition) is 0. The lowest BCUT2D eigenvalue weighted by Crippen LogP contribution is -2.39. The second-order valence-corrected chi connectivity index (χ2v) is 6.80. The summed E-state index contributed by atoms with van der Waals surface area (Å²) in [5.41, 5.74) is 1.23. The van der Waals surface area contributed by atoms with Crippen molar-refractivity contribution >= 4 is 12.0 Å². The van der Waals surface area contributed by atoms with E-state index in [1.165, 1.54) is 16.9 Å². The molecule has 1 heterocycles. The van der Waals surface area contributed by atoms with Crippen molar-refractivity contribution in [3.8, 4) is 0 Å². The molecule has 0 N–H and O–H groups in total. The Balaban J connectivity index is 0.000000924. The zero-order valence-corrected chi connectivity index (χ0v) is 14.7. The van der Waals surface area contributed by atoms with Crippen LogP contribution in [0.4, 0.5) is 4.79 Å². The summed E-state index contributed by atoms with van der Waals surface area (Å²) in [5.74, 6) is 1.79. The number of rotatable bonds is 5. The maximum Gasteiger partial charge on any atom is 0.416 e. The van der Waals surface area contributed by atoms with Crippen molar-refractivity contribution < 1.29 is 14.3 Å². The number of imide groups is 1. The molecule has 0 spiro atoms. The van der Waals surface area contributed by atoms with Crippen LogP contribution in [0.2, 0.25) is 0 Å². The first-order chi connectivity index (χ1) is 11.0. The van der Waals surface area contributed by atoms with E-state index in [0.29, 0.717) is 24.9 Å². The summed E-state index contributed by atoms with van der Waals surface area (Å²) in [5, 5.41) is 0. The lowest BCUT2D eigenvalue weighted by molar-refractivity contribution is -0.129. The molecule has 1 aliphatic heterocycles. The van der Waals surface area contributed by atoms with Crippen molar-refractivity contribution in [3.63, 3.8) is 0 Å². The molecule has 0 radical (unpaired) electrons. The fraction of sp³-hybridized carbons (Fsp3) is 0.684. The van der Waals surface area contributed by atoms with Crippen LogP contribution < -0.4 is 0 Å². The minimum Gasteiger partial charge on any atom is -0.447 e. The molecule has 2 unspecified atom stereocenters. The van der Waals surface area contributed by atoms with Gasteiger partial charge in [0.15, 0.2) is 0 Å². The number of amides is 2. The summed E-state index contributed by atoms with van der Waals surface area (Å²) in [6.45, 7) is 8.49. The molecule has 1 saturated heterocycles. The van der Waals surface area contributed by atoms with Crippen molar-refractivity contribution in [2.75, 3.05) is 6.61 Å². The van der Waals surface area contributed by atoms with Gasteiger partial charge in [0.25, 0.3) is 0 Å². The Kier molecular flexibility index (Phi) is 6.03. The predicted molar refractivity (Wildman–Crippen MR) is 90.8 cm³/mol. The first kappa shape index (κ1) is 17.8. The van der Waals surface area contributed by atoms with Crippen LogP contribution in [-0.4, -0.2) is 29.5 Å². The third kappa shape index (κ3) is 4.46. The van der Waals surface area contributed by atoms with Crippen LogP contribution in [0.15, 0.2) is 23.8 Å². The summed E-state index contributed by atoms with van der Waals surface area (Å²) >= 11 is 0. The highest BCUT2D eigenvalue weighted by Crippen LogP contribution is 2.45. The van der Waals surface area contributed by atoms with Crippen LogP contribution in [-0.2, 0) is 9.53 Å².